The number of hydrogen-bond acceptors (Lipinski definition) is 4. The summed E-state index contributed by atoms with van der Waals surface area (Å²) in [5.41, 5.74) is 1.05. The molecule has 0 saturated carbocycles. The lowest BCUT2D eigenvalue weighted by Gasteiger charge is -2.18. The van der Waals surface area contributed by atoms with Crippen LogP contribution in [0.5, 0.6) is 5.75 Å². The van der Waals surface area contributed by atoms with Crippen LogP contribution in [0.4, 0.5) is 0 Å². The summed E-state index contributed by atoms with van der Waals surface area (Å²) in [6.45, 7) is 5.66. The molecule has 0 unspecified atom stereocenters. The van der Waals surface area contributed by atoms with Gasteiger partial charge in [0.05, 0.1) is 13.0 Å². The molecule has 4 nitrogen and oxygen atoms in total. The van der Waals surface area contributed by atoms with Crippen LogP contribution in [0.2, 0.25) is 5.02 Å². The minimum Gasteiger partial charge on any atom is -0.487 e. The molecule has 2 heterocycles. The fourth-order valence-corrected chi connectivity index (χ4v) is 3.93. The van der Waals surface area contributed by atoms with Gasteiger partial charge in [-0.25, -0.2) is 0 Å². The van der Waals surface area contributed by atoms with Crippen LogP contribution in [0.25, 0.3) is 0 Å². The molecule has 0 radical (unpaired) electrons. The molecule has 0 spiro atoms. The zero-order valence-corrected chi connectivity index (χ0v) is 16.6. The first kappa shape index (κ1) is 19.1. The Kier molecular flexibility index (Phi) is 6.43. The van der Waals surface area contributed by atoms with Gasteiger partial charge in [0.25, 0.3) is 0 Å². The first-order chi connectivity index (χ1) is 12.5. The zero-order chi connectivity index (χ0) is 18.5. The summed E-state index contributed by atoms with van der Waals surface area (Å²) in [6.07, 6.45) is 4.43. The van der Waals surface area contributed by atoms with E-state index in [1.165, 1.54) is 4.90 Å². The van der Waals surface area contributed by atoms with Crippen LogP contribution in [0.15, 0.2) is 47.6 Å². The topological polar surface area (TPSA) is 42.4 Å². The maximum absolute atomic E-state index is 12.6. The van der Waals surface area contributed by atoms with E-state index in [9.17, 15) is 4.79 Å². The van der Waals surface area contributed by atoms with Crippen molar-refractivity contribution in [1.29, 1.82) is 0 Å². The van der Waals surface area contributed by atoms with E-state index in [2.05, 4.69) is 31.0 Å². The quantitative estimate of drug-likeness (QED) is 0.683. The number of pyridine rings is 1. The average molecular weight is 391 g/mol. The Hall–Kier alpha value is -1.72. The molecule has 1 aliphatic rings. The fraction of sp³-hybridized carbons (Fsp3) is 0.400. The van der Waals surface area contributed by atoms with Crippen LogP contribution < -0.4 is 4.74 Å². The monoisotopic (exact) mass is 390 g/mol. The summed E-state index contributed by atoms with van der Waals surface area (Å²) in [5.74, 6) is 0.764. The van der Waals surface area contributed by atoms with Gasteiger partial charge in [-0.2, -0.15) is 0 Å². The van der Waals surface area contributed by atoms with Crippen molar-refractivity contribution in [3.63, 3.8) is 0 Å². The average Bonchev–Trinajstić information content (AvgIpc) is 3.07. The lowest BCUT2D eigenvalue weighted by atomic mass is 10.1. The lowest BCUT2D eigenvalue weighted by molar-refractivity contribution is -0.129. The summed E-state index contributed by atoms with van der Waals surface area (Å²) < 4.78 is 5.92. The van der Waals surface area contributed by atoms with Gasteiger partial charge in [-0.3, -0.25) is 9.78 Å². The van der Waals surface area contributed by atoms with Crippen LogP contribution in [-0.4, -0.2) is 40.2 Å². The van der Waals surface area contributed by atoms with Crippen LogP contribution in [0.1, 0.15) is 25.8 Å². The van der Waals surface area contributed by atoms with Gasteiger partial charge in [-0.05, 0) is 17.7 Å². The van der Waals surface area contributed by atoms with Gasteiger partial charge in [0, 0.05) is 41.6 Å². The number of benzene rings is 1. The van der Waals surface area contributed by atoms with Crippen molar-refractivity contribution < 1.29 is 9.53 Å². The van der Waals surface area contributed by atoms with E-state index >= 15 is 0 Å². The molecule has 1 fully saturated rings. The van der Waals surface area contributed by atoms with Crippen molar-refractivity contribution in [1.82, 2.24) is 9.88 Å². The minimum absolute atomic E-state index is 0.0244. The van der Waals surface area contributed by atoms with Gasteiger partial charge in [0.1, 0.15) is 16.9 Å². The molecule has 0 aliphatic carbocycles. The Morgan fingerprint density at radius 3 is 2.81 bits per heavy atom. The molecule has 0 bridgehead atoms. The van der Waals surface area contributed by atoms with Gasteiger partial charge in [0.15, 0.2) is 0 Å². The number of amides is 1. The Balaban J connectivity index is 1.52. The molecular formula is C20H23ClN2O2S. The number of carbonyl (C=O) groups excluding carboxylic acids is 1. The number of carbonyl (C=O) groups is 1. The van der Waals surface area contributed by atoms with E-state index in [0.29, 0.717) is 35.5 Å². The molecule has 1 aliphatic heterocycles. The summed E-state index contributed by atoms with van der Waals surface area (Å²) >= 11 is 7.91. The predicted molar refractivity (Wildman–Crippen MR) is 106 cm³/mol. The Bertz CT molecular complexity index is 752. The first-order valence-electron chi connectivity index (χ1n) is 8.81. The standard InChI is InChI=1S/C20H23ClN2O2S/c1-14(2)26-17-5-3-15(4-6-17)11-20(24)23-10-8-16(13-23)25-19-7-9-22-12-18(19)21/h3-7,9,12,14,16H,8,10-11,13H2,1-2H3/t16-/m1/s1. The summed E-state index contributed by atoms with van der Waals surface area (Å²) in [4.78, 5) is 19.6. The molecule has 26 heavy (non-hydrogen) atoms. The molecule has 1 atom stereocenters. The van der Waals surface area contributed by atoms with E-state index in [0.717, 1.165) is 12.0 Å². The Morgan fingerprint density at radius 2 is 2.12 bits per heavy atom. The molecule has 2 aromatic rings. The predicted octanol–water partition coefficient (Wildman–Crippen LogP) is 4.46. The van der Waals surface area contributed by atoms with E-state index in [1.54, 1.807) is 18.5 Å². The number of likely N-dealkylation sites (tertiary alicyclic amines) is 1. The van der Waals surface area contributed by atoms with Crippen LogP contribution in [-0.2, 0) is 11.2 Å². The number of rotatable bonds is 6. The van der Waals surface area contributed by atoms with E-state index < -0.39 is 0 Å². The second kappa shape index (κ2) is 8.78. The van der Waals surface area contributed by atoms with E-state index in [-0.39, 0.29) is 12.0 Å². The molecule has 6 heteroatoms. The van der Waals surface area contributed by atoms with Gasteiger partial charge in [-0.15, -0.1) is 11.8 Å². The molecule has 3 rings (SSSR count). The largest absolute Gasteiger partial charge is 0.487 e. The summed E-state index contributed by atoms with van der Waals surface area (Å²) in [7, 11) is 0. The molecule has 138 valence electrons. The molecular weight excluding hydrogens is 368 g/mol. The molecule has 1 saturated heterocycles. The third-order valence-electron chi connectivity index (χ3n) is 4.18. The Morgan fingerprint density at radius 1 is 1.35 bits per heavy atom. The van der Waals surface area contributed by atoms with E-state index in [1.807, 2.05) is 28.8 Å². The van der Waals surface area contributed by atoms with Crippen molar-refractivity contribution in [2.75, 3.05) is 13.1 Å². The fourth-order valence-electron chi connectivity index (χ4n) is 2.93. The number of aromatic nitrogens is 1. The normalized spacial score (nSPS) is 16.9. The van der Waals surface area contributed by atoms with Gasteiger partial charge < -0.3 is 9.64 Å². The second-order valence-corrected chi connectivity index (χ2v) is 8.72. The molecule has 1 aromatic heterocycles. The van der Waals surface area contributed by atoms with E-state index in [4.69, 9.17) is 16.3 Å². The van der Waals surface area contributed by atoms with Crippen molar-refractivity contribution >= 4 is 29.3 Å². The summed E-state index contributed by atoms with van der Waals surface area (Å²) in [6, 6.07) is 10.0. The number of halogens is 1. The highest BCUT2D eigenvalue weighted by molar-refractivity contribution is 7.99. The van der Waals surface area contributed by atoms with Crippen LogP contribution in [0.3, 0.4) is 0 Å². The third-order valence-corrected chi connectivity index (χ3v) is 5.48. The SMILES string of the molecule is CC(C)Sc1ccc(CC(=O)N2CC[C@@H](Oc3ccncc3Cl)C2)cc1. The highest BCUT2D eigenvalue weighted by atomic mass is 35.5. The second-order valence-electron chi connectivity index (χ2n) is 6.66. The smallest absolute Gasteiger partial charge is 0.227 e. The van der Waals surface area contributed by atoms with Gasteiger partial charge >= 0.3 is 0 Å². The Labute approximate surface area is 163 Å². The first-order valence-corrected chi connectivity index (χ1v) is 10.1. The van der Waals surface area contributed by atoms with Crippen LogP contribution >= 0.6 is 23.4 Å². The minimum atomic E-state index is -0.0244. The lowest BCUT2D eigenvalue weighted by Crippen LogP contribution is -2.32. The van der Waals surface area contributed by atoms with Crippen molar-refractivity contribution in [3.8, 4) is 5.75 Å². The van der Waals surface area contributed by atoms with Crippen molar-refractivity contribution in [2.24, 2.45) is 0 Å². The van der Waals surface area contributed by atoms with Gasteiger partial charge in [-0.1, -0.05) is 37.6 Å². The maximum atomic E-state index is 12.6. The molecule has 1 aromatic carbocycles. The zero-order valence-electron chi connectivity index (χ0n) is 15.0. The molecule has 1 amide bonds. The third kappa shape index (κ3) is 5.15. The number of ether oxygens (including phenoxy) is 1. The van der Waals surface area contributed by atoms with Crippen molar-refractivity contribution in [2.45, 2.75) is 42.9 Å². The summed E-state index contributed by atoms with van der Waals surface area (Å²) in [5, 5.41) is 1.05. The highest BCUT2D eigenvalue weighted by Gasteiger charge is 2.28. The molecule has 0 N–H and O–H groups in total. The highest BCUT2D eigenvalue weighted by Crippen LogP contribution is 2.26. The number of nitrogens with zero attached hydrogens (tertiary/aromatic N) is 2. The van der Waals surface area contributed by atoms with Gasteiger partial charge in [0.2, 0.25) is 5.91 Å². The van der Waals surface area contributed by atoms with Crippen LogP contribution in [0, 0.1) is 0 Å². The number of hydrogen-bond donors (Lipinski definition) is 0. The number of thioether (sulfide) groups is 1. The maximum Gasteiger partial charge on any atom is 0.227 e. The van der Waals surface area contributed by atoms with Crippen molar-refractivity contribution in [3.05, 3.63) is 53.3 Å².